The molecule has 0 bridgehead atoms. The molecule has 7 nitrogen and oxygen atoms in total. The second-order valence-electron chi connectivity index (χ2n) is 6.70. The molecule has 0 spiro atoms. The highest BCUT2D eigenvalue weighted by molar-refractivity contribution is 7.92. The van der Waals surface area contributed by atoms with Crippen molar-refractivity contribution in [2.45, 2.75) is 24.9 Å². The predicted molar refractivity (Wildman–Crippen MR) is 95.9 cm³/mol. The lowest BCUT2D eigenvalue weighted by Gasteiger charge is -2.32. The molecule has 0 aliphatic carbocycles. The highest BCUT2D eigenvalue weighted by Crippen LogP contribution is 2.25. The second kappa shape index (κ2) is 7.05. The van der Waals surface area contributed by atoms with Crippen molar-refractivity contribution in [3.63, 3.8) is 0 Å². The topological polar surface area (TPSA) is 101 Å². The van der Waals surface area contributed by atoms with Crippen LogP contribution in [0.15, 0.2) is 30.3 Å². The minimum atomic E-state index is -3.12. The van der Waals surface area contributed by atoms with Gasteiger partial charge < -0.3 is 5.32 Å². The summed E-state index contributed by atoms with van der Waals surface area (Å²) in [5.74, 6) is -0.105. The number of rotatable bonds is 5. The van der Waals surface area contributed by atoms with Crippen LogP contribution in [0.25, 0.3) is 0 Å². The van der Waals surface area contributed by atoms with Crippen molar-refractivity contribution in [3.8, 4) is 0 Å². The summed E-state index contributed by atoms with van der Waals surface area (Å²) in [5, 5.41) is 2.78. The number of carbonyl (C=O) groups excluding carboxylic acids is 1. The van der Waals surface area contributed by atoms with Gasteiger partial charge in [-0.3, -0.25) is 9.69 Å². The maximum atomic E-state index is 12.4. The molecule has 1 amide bonds. The van der Waals surface area contributed by atoms with Gasteiger partial charge in [-0.2, -0.15) is 0 Å². The van der Waals surface area contributed by atoms with Gasteiger partial charge in [-0.25, -0.2) is 16.8 Å². The fourth-order valence-corrected chi connectivity index (χ4v) is 7.00. The Labute approximate surface area is 148 Å². The van der Waals surface area contributed by atoms with Crippen LogP contribution in [0.2, 0.25) is 0 Å². The van der Waals surface area contributed by atoms with Gasteiger partial charge in [0.15, 0.2) is 19.7 Å². The predicted octanol–water partition coefficient (Wildman–Crippen LogP) is 0.301. The largest absolute Gasteiger partial charge is 0.325 e. The molecule has 1 aromatic carbocycles. The van der Waals surface area contributed by atoms with Crippen LogP contribution in [0.4, 0.5) is 5.69 Å². The molecule has 2 fully saturated rings. The Morgan fingerprint density at radius 2 is 1.48 bits per heavy atom. The summed E-state index contributed by atoms with van der Waals surface area (Å²) in [5.41, 5.74) is 0.658. The number of carbonyl (C=O) groups is 1. The summed E-state index contributed by atoms with van der Waals surface area (Å²) < 4.78 is 47.3. The smallest absolute Gasteiger partial charge is 0.238 e. The molecule has 0 saturated carbocycles. The van der Waals surface area contributed by atoms with Gasteiger partial charge in [0.1, 0.15) is 0 Å². The molecular formula is C16H22N2O5S2. The van der Waals surface area contributed by atoms with Crippen LogP contribution in [0, 0.1) is 0 Å². The highest BCUT2D eigenvalue weighted by atomic mass is 32.2. The first-order valence-corrected chi connectivity index (χ1v) is 11.9. The highest BCUT2D eigenvalue weighted by Gasteiger charge is 2.40. The molecule has 3 rings (SSSR count). The zero-order valence-corrected chi connectivity index (χ0v) is 15.4. The first-order chi connectivity index (χ1) is 11.7. The van der Waals surface area contributed by atoms with Crippen LogP contribution in [0.1, 0.15) is 12.8 Å². The zero-order valence-electron chi connectivity index (χ0n) is 13.8. The second-order valence-corrected chi connectivity index (χ2v) is 11.2. The monoisotopic (exact) mass is 386 g/mol. The Morgan fingerprint density at radius 3 is 1.92 bits per heavy atom. The van der Waals surface area contributed by atoms with Gasteiger partial charge in [-0.1, -0.05) is 18.2 Å². The molecule has 9 heteroatoms. The number of benzene rings is 1. The van der Waals surface area contributed by atoms with Crippen LogP contribution in [-0.2, 0) is 24.5 Å². The van der Waals surface area contributed by atoms with Crippen LogP contribution >= 0.6 is 0 Å². The lowest BCUT2D eigenvalue weighted by Crippen LogP contribution is -2.48. The number of para-hydroxylation sites is 1. The molecule has 0 aromatic heterocycles. The van der Waals surface area contributed by atoms with E-state index in [1.54, 1.807) is 29.2 Å². The van der Waals surface area contributed by atoms with Crippen LogP contribution in [0.3, 0.4) is 0 Å². The van der Waals surface area contributed by atoms with E-state index in [-0.39, 0.29) is 47.5 Å². The van der Waals surface area contributed by atoms with Gasteiger partial charge in [0.2, 0.25) is 5.91 Å². The van der Waals surface area contributed by atoms with Crippen molar-refractivity contribution >= 4 is 31.3 Å². The van der Waals surface area contributed by atoms with E-state index in [1.807, 2.05) is 6.07 Å². The van der Waals surface area contributed by atoms with Crippen LogP contribution in [-0.4, -0.2) is 69.3 Å². The molecule has 2 aliphatic rings. The molecule has 25 heavy (non-hydrogen) atoms. The summed E-state index contributed by atoms with van der Waals surface area (Å²) in [6.07, 6.45) is 0.884. The SMILES string of the molecule is O=C(CN(C1CCS(=O)(=O)C1)C1CCS(=O)(=O)C1)Nc1ccccc1. The summed E-state index contributed by atoms with van der Waals surface area (Å²) in [4.78, 5) is 14.2. The van der Waals surface area contributed by atoms with E-state index in [0.717, 1.165) is 0 Å². The summed E-state index contributed by atoms with van der Waals surface area (Å²) in [6.45, 7) is -0.00469. The minimum Gasteiger partial charge on any atom is -0.325 e. The van der Waals surface area contributed by atoms with E-state index in [2.05, 4.69) is 5.32 Å². The first-order valence-electron chi connectivity index (χ1n) is 8.26. The number of sulfone groups is 2. The van der Waals surface area contributed by atoms with E-state index >= 15 is 0 Å². The molecule has 2 saturated heterocycles. The van der Waals surface area contributed by atoms with Crippen molar-refractivity contribution in [3.05, 3.63) is 30.3 Å². The van der Waals surface area contributed by atoms with Gasteiger partial charge in [0.05, 0.1) is 29.6 Å². The molecule has 2 heterocycles. The van der Waals surface area contributed by atoms with Crippen molar-refractivity contribution in [2.24, 2.45) is 0 Å². The van der Waals surface area contributed by atoms with Crippen molar-refractivity contribution in [1.29, 1.82) is 0 Å². The number of anilines is 1. The third-order valence-electron chi connectivity index (χ3n) is 4.74. The number of nitrogens with zero attached hydrogens (tertiary/aromatic N) is 1. The quantitative estimate of drug-likeness (QED) is 0.781. The maximum Gasteiger partial charge on any atom is 0.238 e. The lowest BCUT2D eigenvalue weighted by atomic mass is 10.1. The maximum absolute atomic E-state index is 12.4. The Kier molecular flexibility index (Phi) is 5.17. The standard InChI is InChI=1S/C16H22N2O5S2/c19-16(17-13-4-2-1-3-5-13)10-18(14-6-8-24(20,21)11-14)15-7-9-25(22,23)12-15/h1-5,14-15H,6-12H2,(H,17,19). The van der Waals surface area contributed by atoms with Crippen molar-refractivity contribution in [2.75, 3.05) is 34.9 Å². The molecule has 2 atom stereocenters. The Balaban J connectivity index is 1.73. The normalized spacial score (nSPS) is 27.4. The zero-order chi connectivity index (χ0) is 18.1. The third-order valence-corrected chi connectivity index (χ3v) is 8.24. The fraction of sp³-hybridized carbons (Fsp3) is 0.562. The minimum absolute atomic E-state index is 0.00469. The van der Waals surface area contributed by atoms with E-state index in [0.29, 0.717) is 18.5 Å². The Hall–Kier alpha value is -1.45. The average molecular weight is 386 g/mol. The summed E-state index contributed by atoms with van der Waals surface area (Å²) >= 11 is 0. The number of amides is 1. The van der Waals surface area contributed by atoms with E-state index in [4.69, 9.17) is 0 Å². The van der Waals surface area contributed by atoms with Crippen molar-refractivity contribution in [1.82, 2.24) is 4.90 Å². The number of nitrogens with one attached hydrogen (secondary N) is 1. The Bertz CT molecular complexity index is 793. The van der Waals surface area contributed by atoms with Crippen LogP contribution < -0.4 is 5.32 Å². The summed E-state index contributed by atoms with van der Waals surface area (Å²) in [7, 11) is -6.23. The molecule has 2 unspecified atom stereocenters. The van der Waals surface area contributed by atoms with Gasteiger partial charge in [0.25, 0.3) is 0 Å². The van der Waals surface area contributed by atoms with E-state index in [9.17, 15) is 21.6 Å². The van der Waals surface area contributed by atoms with Gasteiger partial charge in [-0.15, -0.1) is 0 Å². The van der Waals surface area contributed by atoms with Gasteiger partial charge in [-0.05, 0) is 25.0 Å². The number of hydrogen-bond donors (Lipinski definition) is 1. The summed E-state index contributed by atoms with van der Waals surface area (Å²) in [6, 6.07) is 8.38. The number of hydrogen-bond acceptors (Lipinski definition) is 6. The average Bonchev–Trinajstić information content (AvgIpc) is 3.07. The molecular weight excluding hydrogens is 364 g/mol. The molecule has 1 N–H and O–H groups in total. The molecule has 0 radical (unpaired) electrons. The Morgan fingerprint density at radius 1 is 0.960 bits per heavy atom. The first kappa shape index (κ1) is 18.3. The van der Waals surface area contributed by atoms with E-state index < -0.39 is 19.7 Å². The van der Waals surface area contributed by atoms with Gasteiger partial charge in [0, 0.05) is 17.8 Å². The third kappa shape index (κ3) is 4.80. The molecule has 2 aliphatic heterocycles. The molecule has 138 valence electrons. The van der Waals surface area contributed by atoms with Crippen molar-refractivity contribution < 1.29 is 21.6 Å². The van der Waals surface area contributed by atoms with Gasteiger partial charge >= 0.3 is 0 Å². The van der Waals surface area contributed by atoms with E-state index in [1.165, 1.54) is 0 Å². The molecule has 1 aromatic rings. The lowest BCUT2D eigenvalue weighted by molar-refractivity contribution is -0.118. The fourth-order valence-electron chi connectivity index (χ4n) is 3.52. The van der Waals surface area contributed by atoms with Crippen LogP contribution in [0.5, 0.6) is 0 Å².